The highest BCUT2D eigenvalue weighted by Crippen LogP contribution is 2.34. The zero-order valence-electron chi connectivity index (χ0n) is 14.0. The van der Waals surface area contributed by atoms with E-state index in [1.165, 1.54) is 19.2 Å². The molecule has 2 N–H and O–H groups in total. The van der Waals surface area contributed by atoms with Gasteiger partial charge >= 0.3 is 0 Å². The van der Waals surface area contributed by atoms with Crippen LogP contribution >= 0.6 is 23.2 Å². The van der Waals surface area contributed by atoms with Crippen LogP contribution in [-0.4, -0.2) is 25.0 Å². The molecule has 2 amide bonds. The summed E-state index contributed by atoms with van der Waals surface area (Å²) in [5.41, 5.74) is 1.37. The van der Waals surface area contributed by atoms with Crippen LogP contribution in [0.15, 0.2) is 36.4 Å². The third kappa shape index (κ3) is 4.87. The number of carbonyl (C=O) groups excluding carboxylic acids is 2. The molecule has 0 aliphatic carbocycles. The fourth-order valence-corrected chi connectivity index (χ4v) is 2.78. The van der Waals surface area contributed by atoms with Crippen LogP contribution in [0.4, 0.5) is 5.69 Å². The minimum Gasteiger partial charge on any atom is -0.494 e. The van der Waals surface area contributed by atoms with E-state index in [0.717, 1.165) is 0 Å². The summed E-state index contributed by atoms with van der Waals surface area (Å²) in [7, 11) is 1.45. The average molecular weight is 381 g/mol. The van der Waals surface area contributed by atoms with Gasteiger partial charge in [-0.15, -0.1) is 0 Å². The highest BCUT2D eigenvalue weighted by molar-refractivity contribution is 6.37. The molecule has 7 heteroatoms. The van der Waals surface area contributed by atoms with Crippen molar-refractivity contribution in [3.05, 3.63) is 57.6 Å². The third-order valence-corrected chi connectivity index (χ3v) is 3.85. The van der Waals surface area contributed by atoms with Crippen molar-refractivity contribution < 1.29 is 14.3 Å². The number of hydrogen-bond donors (Lipinski definition) is 2. The Hall–Kier alpha value is -2.24. The van der Waals surface area contributed by atoms with E-state index < -0.39 is 0 Å². The number of rotatable bonds is 5. The fraction of sp³-hybridized carbons (Fsp3) is 0.222. The SMILES string of the molecule is COc1c(Cl)cc(C(=O)Nc2ccc(C(=O)NC(C)C)cc2)cc1Cl. The first-order chi connectivity index (χ1) is 11.8. The second-order valence-electron chi connectivity index (χ2n) is 5.63. The lowest BCUT2D eigenvalue weighted by Gasteiger charge is -2.11. The van der Waals surface area contributed by atoms with Crippen LogP contribution in [0.25, 0.3) is 0 Å². The molecule has 2 aromatic carbocycles. The lowest BCUT2D eigenvalue weighted by atomic mass is 10.1. The van der Waals surface area contributed by atoms with Crippen molar-refractivity contribution in [2.24, 2.45) is 0 Å². The van der Waals surface area contributed by atoms with Crippen LogP contribution in [0.5, 0.6) is 5.75 Å². The summed E-state index contributed by atoms with van der Waals surface area (Å²) in [4.78, 5) is 24.2. The Morgan fingerprint density at radius 2 is 1.52 bits per heavy atom. The molecular formula is C18H18Cl2N2O3. The molecule has 25 heavy (non-hydrogen) atoms. The van der Waals surface area contributed by atoms with Gasteiger partial charge in [-0.3, -0.25) is 9.59 Å². The molecule has 2 aromatic rings. The van der Waals surface area contributed by atoms with E-state index in [-0.39, 0.29) is 27.9 Å². The number of carbonyl (C=O) groups is 2. The van der Waals surface area contributed by atoms with Gasteiger partial charge in [-0.1, -0.05) is 23.2 Å². The molecule has 2 rings (SSSR count). The van der Waals surface area contributed by atoms with Gasteiger partial charge in [0.15, 0.2) is 5.75 Å². The molecule has 0 unspecified atom stereocenters. The first kappa shape index (κ1) is 19.1. The lowest BCUT2D eigenvalue weighted by molar-refractivity contribution is 0.0942. The number of halogens is 2. The first-order valence-corrected chi connectivity index (χ1v) is 8.32. The summed E-state index contributed by atoms with van der Waals surface area (Å²) in [5.74, 6) is -0.215. The highest BCUT2D eigenvalue weighted by atomic mass is 35.5. The van der Waals surface area contributed by atoms with Crippen molar-refractivity contribution in [3.63, 3.8) is 0 Å². The molecule has 0 saturated heterocycles. The standard InChI is InChI=1S/C18H18Cl2N2O3/c1-10(2)21-17(23)11-4-6-13(7-5-11)22-18(24)12-8-14(19)16(25-3)15(20)9-12/h4-10H,1-3H3,(H,21,23)(H,22,24). The van der Waals surface area contributed by atoms with Crippen molar-refractivity contribution in [2.75, 3.05) is 12.4 Å². The molecule has 0 atom stereocenters. The molecular weight excluding hydrogens is 363 g/mol. The van der Waals surface area contributed by atoms with Gasteiger partial charge in [0, 0.05) is 22.9 Å². The Morgan fingerprint density at radius 3 is 2.00 bits per heavy atom. The predicted molar refractivity (Wildman–Crippen MR) is 100 cm³/mol. The summed E-state index contributed by atoms with van der Waals surface area (Å²) < 4.78 is 5.06. The fourth-order valence-electron chi connectivity index (χ4n) is 2.14. The van der Waals surface area contributed by atoms with E-state index in [9.17, 15) is 9.59 Å². The van der Waals surface area contributed by atoms with Crippen LogP contribution < -0.4 is 15.4 Å². The zero-order chi connectivity index (χ0) is 18.6. The number of benzene rings is 2. The van der Waals surface area contributed by atoms with Crippen LogP contribution in [0, 0.1) is 0 Å². The topological polar surface area (TPSA) is 67.4 Å². The third-order valence-electron chi connectivity index (χ3n) is 3.29. The van der Waals surface area contributed by atoms with Crippen LogP contribution in [0.2, 0.25) is 10.0 Å². The molecule has 0 heterocycles. The van der Waals surface area contributed by atoms with E-state index in [1.54, 1.807) is 24.3 Å². The summed E-state index contributed by atoms with van der Waals surface area (Å²) in [5, 5.41) is 6.03. The maximum absolute atomic E-state index is 12.3. The maximum atomic E-state index is 12.3. The van der Waals surface area contributed by atoms with E-state index in [2.05, 4.69) is 10.6 Å². The Morgan fingerprint density at radius 1 is 0.960 bits per heavy atom. The molecule has 0 bridgehead atoms. The van der Waals surface area contributed by atoms with E-state index in [4.69, 9.17) is 27.9 Å². The number of methoxy groups -OCH3 is 1. The molecule has 0 aromatic heterocycles. The van der Waals surface area contributed by atoms with E-state index in [1.807, 2.05) is 13.8 Å². The van der Waals surface area contributed by atoms with Gasteiger partial charge in [0.2, 0.25) is 0 Å². The molecule has 0 spiro atoms. The zero-order valence-corrected chi connectivity index (χ0v) is 15.5. The largest absolute Gasteiger partial charge is 0.494 e. The first-order valence-electron chi connectivity index (χ1n) is 7.57. The maximum Gasteiger partial charge on any atom is 0.255 e. The molecule has 0 saturated carbocycles. The minimum atomic E-state index is -0.370. The summed E-state index contributed by atoms with van der Waals surface area (Å²) in [6, 6.07) is 9.59. The van der Waals surface area contributed by atoms with Crippen molar-refractivity contribution in [2.45, 2.75) is 19.9 Å². The number of anilines is 1. The van der Waals surface area contributed by atoms with Crippen molar-refractivity contribution in [3.8, 4) is 5.75 Å². The second kappa shape index (κ2) is 8.23. The molecule has 0 aliphatic heterocycles. The van der Waals surface area contributed by atoms with E-state index in [0.29, 0.717) is 22.6 Å². The van der Waals surface area contributed by atoms with Gasteiger partial charge in [-0.2, -0.15) is 0 Å². The molecule has 0 radical (unpaired) electrons. The molecule has 5 nitrogen and oxygen atoms in total. The van der Waals surface area contributed by atoms with Crippen molar-refractivity contribution >= 4 is 40.7 Å². The average Bonchev–Trinajstić information content (AvgIpc) is 2.54. The van der Waals surface area contributed by atoms with Crippen LogP contribution in [0.3, 0.4) is 0 Å². The van der Waals surface area contributed by atoms with Gasteiger partial charge in [0.1, 0.15) is 0 Å². The number of hydrogen-bond acceptors (Lipinski definition) is 3. The Kier molecular flexibility index (Phi) is 6.28. The minimum absolute atomic E-state index is 0.0523. The summed E-state index contributed by atoms with van der Waals surface area (Å²) in [6.07, 6.45) is 0. The van der Waals surface area contributed by atoms with Gasteiger partial charge in [-0.25, -0.2) is 0 Å². The smallest absolute Gasteiger partial charge is 0.255 e. The number of nitrogens with one attached hydrogen (secondary N) is 2. The monoisotopic (exact) mass is 380 g/mol. The Balaban J connectivity index is 2.12. The normalized spacial score (nSPS) is 10.5. The second-order valence-corrected chi connectivity index (χ2v) is 6.45. The Bertz CT molecular complexity index is 766. The predicted octanol–water partition coefficient (Wildman–Crippen LogP) is 4.39. The Labute approximate surface area is 156 Å². The van der Waals surface area contributed by atoms with E-state index >= 15 is 0 Å². The number of ether oxygens (including phenoxy) is 1. The highest BCUT2D eigenvalue weighted by Gasteiger charge is 2.14. The molecule has 0 fully saturated rings. The van der Waals surface area contributed by atoms with Crippen molar-refractivity contribution in [1.29, 1.82) is 0 Å². The van der Waals surface area contributed by atoms with Gasteiger partial charge in [-0.05, 0) is 50.2 Å². The quantitative estimate of drug-likeness (QED) is 0.807. The van der Waals surface area contributed by atoms with Gasteiger partial charge < -0.3 is 15.4 Å². The van der Waals surface area contributed by atoms with Crippen molar-refractivity contribution in [1.82, 2.24) is 5.32 Å². The van der Waals surface area contributed by atoms with Gasteiger partial charge in [0.25, 0.3) is 11.8 Å². The lowest BCUT2D eigenvalue weighted by Crippen LogP contribution is -2.30. The summed E-state index contributed by atoms with van der Waals surface area (Å²) in [6.45, 7) is 3.77. The molecule has 132 valence electrons. The van der Waals surface area contributed by atoms with Crippen LogP contribution in [0.1, 0.15) is 34.6 Å². The van der Waals surface area contributed by atoms with Gasteiger partial charge in [0.05, 0.1) is 17.2 Å². The van der Waals surface area contributed by atoms with Crippen LogP contribution in [-0.2, 0) is 0 Å². The summed E-state index contributed by atoms with van der Waals surface area (Å²) >= 11 is 12.1. The number of amides is 2. The molecule has 0 aliphatic rings.